The average molecular weight is 408 g/mol. The van der Waals surface area contributed by atoms with E-state index in [0.29, 0.717) is 18.2 Å². The van der Waals surface area contributed by atoms with Crippen LogP contribution in [0, 0.1) is 6.92 Å². The standard InChI is InChI=1S/C17H24N6O4S/c1-11-21-15(10-16(22-11)23(2)3)19-7-8-20-28(25,26)12-5-6-14(27-4)13(9-12)17(18)24/h5-6,9-10,20H,7-8H2,1-4H3,(H2,18,24)(H,19,21,22). The third kappa shape index (κ3) is 5.30. The molecule has 2 aromatic rings. The van der Waals surface area contributed by atoms with E-state index in [9.17, 15) is 13.2 Å². The Kier molecular flexibility index (Phi) is 6.75. The Bertz CT molecular complexity index is 962. The lowest BCUT2D eigenvalue weighted by molar-refractivity contribution is 0.0997. The third-order valence-corrected chi connectivity index (χ3v) is 5.21. The van der Waals surface area contributed by atoms with Gasteiger partial charge in [0.1, 0.15) is 23.2 Å². The van der Waals surface area contributed by atoms with Crippen LogP contribution in [0.2, 0.25) is 0 Å². The van der Waals surface area contributed by atoms with Gasteiger partial charge in [0, 0.05) is 33.3 Å². The first-order valence-corrected chi connectivity index (χ1v) is 9.86. The first kappa shape index (κ1) is 21.4. The summed E-state index contributed by atoms with van der Waals surface area (Å²) in [5, 5.41) is 3.05. The Morgan fingerprint density at radius 1 is 1.21 bits per heavy atom. The fourth-order valence-electron chi connectivity index (χ4n) is 2.38. The Morgan fingerprint density at radius 2 is 1.93 bits per heavy atom. The van der Waals surface area contributed by atoms with Crippen molar-refractivity contribution < 1.29 is 17.9 Å². The lowest BCUT2D eigenvalue weighted by Gasteiger charge is -2.14. The van der Waals surface area contributed by atoms with Crippen molar-refractivity contribution in [2.24, 2.45) is 5.73 Å². The smallest absolute Gasteiger partial charge is 0.252 e. The number of anilines is 2. The van der Waals surface area contributed by atoms with Crippen LogP contribution < -0.4 is 25.4 Å². The van der Waals surface area contributed by atoms with E-state index >= 15 is 0 Å². The van der Waals surface area contributed by atoms with Crippen molar-refractivity contribution in [2.75, 3.05) is 44.5 Å². The Morgan fingerprint density at radius 3 is 2.54 bits per heavy atom. The first-order chi connectivity index (χ1) is 13.1. The summed E-state index contributed by atoms with van der Waals surface area (Å²) in [6.07, 6.45) is 0. The zero-order chi connectivity index (χ0) is 20.9. The van der Waals surface area contributed by atoms with E-state index in [4.69, 9.17) is 10.5 Å². The van der Waals surface area contributed by atoms with Crippen molar-refractivity contribution in [1.29, 1.82) is 0 Å². The monoisotopic (exact) mass is 408 g/mol. The molecular weight excluding hydrogens is 384 g/mol. The molecule has 0 aliphatic rings. The number of nitrogens with one attached hydrogen (secondary N) is 2. The molecule has 1 amide bonds. The van der Waals surface area contributed by atoms with Crippen LogP contribution in [0.25, 0.3) is 0 Å². The van der Waals surface area contributed by atoms with E-state index in [1.54, 1.807) is 13.0 Å². The van der Waals surface area contributed by atoms with Gasteiger partial charge < -0.3 is 20.7 Å². The number of ether oxygens (including phenoxy) is 1. The molecule has 0 radical (unpaired) electrons. The van der Waals surface area contributed by atoms with E-state index in [0.717, 1.165) is 5.82 Å². The highest BCUT2D eigenvalue weighted by Gasteiger charge is 2.18. The molecule has 152 valence electrons. The Labute approximate surface area is 164 Å². The summed E-state index contributed by atoms with van der Waals surface area (Å²) in [5.74, 6) is 1.38. The van der Waals surface area contributed by atoms with Crippen LogP contribution in [0.3, 0.4) is 0 Å². The largest absolute Gasteiger partial charge is 0.496 e. The van der Waals surface area contributed by atoms with Gasteiger partial charge in [-0.15, -0.1) is 0 Å². The number of benzene rings is 1. The second-order valence-electron chi connectivity index (χ2n) is 6.10. The number of nitrogens with zero attached hydrogens (tertiary/aromatic N) is 3. The number of nitrogens with two attached hydrogens (primary N) is 1. The molecule has 1 aromatic heterocycles. The maximum Gasteiger partial charge on any atom is 0.252 e. The van der Waals surface area contributed by atoms with Gasteiger partial charge in [-0.05, 0) is 25.1 Å². The van der Waals surface area contributed by atoms with Gasteiger partial charge in [0.05, 0.1) is 17.6 Å². The summed E-state index contributed by atoms with van der Waals surface area (Å²) >= 11 is 0. The number of amides is 1. The van der Waals surface area contributed by atoms with Crippen LogP contribution >= 0.6 is 0 Å². The molecule has 0 aliphatic heterocycles. The van der Waals surface area contributed by atoms with Crippen molar-refractivity contribution in [3.63, 3.8) is 0 Å². The quantitative estimate of drug-likeness (QED) is 0.505. The minimum Gasteiger partial charge on any atom is -0.496 e. The normalized spacial score (nSPS) is 11.1. The summed E-state index contributed by atoms with van der Waals surface area (Å²) in [4.78, 5) is 21.8. The van der Waals surface area contributed by atoms with Crippen molar-refractivity contribution >= 4 is 27.6 Å². The maximum atomic E-state index is 12.5. The van der Waals surface area contributed by atoms with Crippen molar-refractivity contribution in [1.82, 2.24) is 14.7 Å². The minimum atomic E-state index is -3.82. The molecule has 4 N–H and O–H groups in total. The van der Waals surface area contributed by atoms with Crippen LogP contribution in [0.1, 0.15) is 16.2 Å². The van der Waals surface area contributed by atoms with E-state index < -0.39 is 15.9 Å². The lowest BCUT2D eigenvalue weighted by atomic mass is 10.2. The number of rotatable bonds is 9. The van der Waals surface area contributed by atoms with Crippen LogP contribution in [0.5, 0.6) is 5.75 Å². The highest BCUT2D eigenvalue weighted by molar-refractivity contribution is 7.89. The van der Waals surface area contributed by atoms with Crippen LogP contribution in [-0.2, 0) is 10.0 Å². The molecule has 0 saturated carbocycles. The van der Waals surface area contributed by atoms with E-state index in [-0.39, 0.29) is 22.8 Å². The summed E-state index contributed by atoms with van der Waals surface area (Å²) in [6, 6.07) is 5.69. The zero-order valence-electron chi connectivity index (χ0n) is 16.2. The molecule has 0 saturated heterocycles. The zero-order valence-corrected chi connectivity index (χ0v) is 17.0. The van der Waals surface area contributed by atoms with Crippen LogP contribution in [-0.4, -0.2) is 58.6 Å². The van der Waals surface area contributed by atoms with Crippen LogP contribution in [0.4, 0.5) is 11.6 Å². The molecule has 1 heterocycles. The predicted octanol–water partition coefficient (Wildman–Crippen LogP) is 0.349. The number of primary amides is 1. The molecule has 0 bridgehead atoms. The number of hydrogen-bond acceptors (Lipinski definition) is 8. The number of carbonyl (C=O) groups excluding carboxylic acids is 1. The number of methoxy groups -OCH3 is 1. The summed E-state index contributed by atoms with van der Waals surface area (Å²) < 4.78 is 32.4. The van der Waals surface area contributed by atoms with Gasteiger partial charge in [-0.2, -0.15) is 0 Å². The van der Waals surface area contributed by atoms with Gasteiger partial charge in [-0.1, -0.05) is 0 Å². The number of hydrogen-bond donors (Lipinski definition) is 3. The molecule has 10 nitrogen and oxygen atoms in total. The van der Waals surface area contributed by atoms with Gasteiger partial charge in [-0.3, -0.25) is 4.79 Å². The topological polar surface area (TPSA) is 140 Å². The van der Waals surface area contributed by atoms with Crippen LogP contribution in [0.15, 0.2) is 29.2 Å². The molecule has 2 rings (SSSR count). The lowest BCUT2D eigenvalue weighted by Crippen LogP contribution is -2.29. The summed E-state index contributed by atoms with van der Waals surface area (Å²) in [7, 11) is 1.29. The molecule has 1 aromatic carbocycles. The second-order valence-corrected chi connectivity index (χ2v) is 7.87. The molecule has 0 spiro atoms. The van der Waals surface area contributed by atoms with Gasteiger partial charge in [0.25, 0.3) is 5.91 Å². The highest BCUT2D eigenvalue weighted by atomic mass is 32.2. The fourth-order valence-corrected chi connectivity index (χ4v) is 3.44. The van der Waals surface area contributed by atoms with E-state index in [2.05, 4.69) is 20.0 Å². The number of aryl methyl sites for hydroxylation is 1. The molecule has 28 heavy (non-hydrogen) atoms. The molecule has 0 fully saturated rings. The van der Waals surface area contributed by atoms with Gasteiger partial charge >= 0.3 is 0 Å². The SMILES string of the molecule is COc1ccc(S(=O)(=O)NCCNc2cc(N(C)C)nc(C)n2)cc1C(N)=O. The number of sulfonamides is 1. The number of aromatic nitrogens is 2. The summed E-state index contributed by atoms with van der Waals surface area (Å²) in [6.45, 7) is 2.20. The van der Waals surface area contributed by atoms with Gasteiger partial charge in [-0.25, -0.2) is 23.1 Å². The van der Waals surface area contributed by atoms with E-state index in [1.807, 2.05) is 19.0 Å². The minimum absolute atomic E-state index is 0.00354. The van der Waals surface area contributed by atoms with Crippen molar-refractivity contribution in [2.45, 2.75) is 11.8 Å². The van der Waals surface area contributed by atoms with Gasteiger partial charge in [0.15, 0.2) is 0 Å². The summed E-state index contributed by atoms with van der Waals surface area (Å²) in [5.41, 5.74) is 5.27. The second kappa shape index (κ2) is 8.85. The Hall–Kier alpha value is -2.92. The average Bonchev–Trinajstić information content (AvgIpc) is 2.64. The molecule has 0 unspecified atom stereocenters. The molecule has 0 atom stereocenters. The van der Waals surface area contributed by atoms with Gasteiger partial charge in [0.2, 0.25) is 10.0 Å². The third-order valence-electron chi connectivity index (χ3n) is 3.75. The maximum absolute atomic E-state index is 12.5. The fraction of sp³-hybridized carbons (Fsp3) is 0.353. The highest BCUT2D eigenvalue weighted by Crippen LogP contribution is 2.22. The van der Waals surface area contributed by atoms with Crippen molar-refractivity contribution in [3.8, 4) is 5.75 Å². The predicted molar refractivity (Wildman–Crippen MR) is 106 cm³/mol. The Balaban J connectivity index is 2.03. The van der Waals surface area contributed by atoms with Crippen molar-refractivity contribution in [3.05, 3.63) is 35.7 Å². The van der Waals surface area contributed by atoms with E-state index in [1.165, 1.54) is 25.3 Å². The first-order valence-electron chi connectivity index (χ1n) is 8.38. The number of carbonyl (C=O) groups is 1. The molecule has 11 heteroatoms. The molecule has 0 aliphatic carbocycles. The molecular formula is C17H24N6O4S.